The molecule has 2 N–H and O–H groups in total. The maximum atomic E-state index is 5.91. The Bertz CT molecular complexity index is 423. The van der Waals surface area contributed by atoms with Gasteiger partial charge in [0.05, 0.1) is 13.2 Å². The van der Waals surface area contributed by atoms with Crippen LogP contribution in [0.15, 0.2) is 18.2 Å². The Balaban J connectivity index is 2.12. The summed E-state index contributed by atoms with van der Waals surface area (Å²) < 4.78 is 11.2. The molecule has 4 nitrogen and oxygen atoms in total. The van der Waals surface area contributed by atoms with E-state index in [1.165, 1.54) is 11.3 Å². The minimum absolute atomic E-state index is 0.334. The van der Waals surface area contributed by atoms with E-state index in [2.05, 4.69) is 24.0 Å². The fourth-order valence-electron chi connectivity index (χ4n) is 2.72. The van der Waals surface area contributed by atoms with Gasteiger partial charge in [-0.1, -0.05) is 13.0 Å². The molecule has 0 aromatic heterocycles. The van der Waals surface area contributed by atoms with Crippen LogP contribution in [0.3, 0.4) is 0 Å². The molecular weight excluding hydrogens is 252 g/mol. The van der Waals surface area contributed by atoms with Crippen LogP contribution in [0.1, 0.15) is 31.7 Å². The summed E-state index contributed by atoms with van der Waals surface area (Å²) in [4.78, 5) is 2.38. The SMILES string of the molecule is CCCOC1CCCN(c2cc(OC)ccc2CN)C1. The quantitative estimate of drug-likeness (QED) is 0.868. The van der Waals surface area contributed by atoms with Crippen molar-refractivity contribution < 1.29 is 9.47 Å². The smallest absolute Gasteiger partial charge is 0.120 e. The lowest BCUT2D eigenvalue weighted by atomic mass is 10.0. The molecule has 1 unspecified atom stereocenters. The highest BCUT2D eigenvalue weighted by atomic mass is 16.5. The van der Waals surface area contributed by atoms with Gasteiger partial charge in [-0.15, -0.1) is 0 Å². The van der Waals surface area contributed by atoms with Crippen LogP contribution < -0.4 is 15.4 Å². The van der Waals surface area contributed by atoms with E-state index in [1.54, 1.807) is 7.11 Å². The van der Waals surface area contributed by atoms with Gasteiger partial charge < -0.3 is 20.1 Å². The first kappa shape index (κ1) is 15.1. The molecule has 0 bridgehead atoms. The lowest BCUT2D eigenvalue weighted by Crippen LogP contribution is -2.40. The van der Waals surface area contributed by atoms with Crippen molar-refractivity contribution in [1.29, 1.82) is 0 Å². The van der Waals surface area contributed by atoms with Gasteiger partial charge in [0.2, 0.25) is 0 Å². The van der Waals surface area contributed by atoms with Crippen molar-refractivity contribution in [3.8, 4) is 5.75 Å². The second-order valence-electron chi connectivity index (χ2n) is 5.28. The van der Waals surface area contributed by atoms with Crippen LogP contribution in [0.2, 0.25) is 0 Å². The largest absolute Gasteiger partial charge is 0.497 e. The molecule has 1 aliphatic heterocycles. The summed E-state index contributed by atoms with van der Waals surface area (Å²) in [6, 6.07) is 6.12. The lowest BCUT2D eigenvalue weighted by molar-refractivity contribution is 0.0440. The molecule has 20 heavy (non-hydrogen) atoms. The maximum absolute atomic E-state index is 5.91. The van der Waals surface area contributed by atoms with E-state index in [-0.39, 0.29) is 0 Å². The molecular formula is C16H26N2O2. The highest BCUT2D eigenvalue weighted by molar-refractivity contribution is 5.57. The van der Waals surface area contributed by atoms with Gasteiger partial charge in [0.25, 0.3) is 0 Å². The number of nitrogens with two attached hydrogens (primary N) is 1. The Morgan fingerprint density at radius 1 is 1.40 bits per heavy atom. The standard InChI is InChI=1S/C16H26N2O2/c1-3-9-20-15-5-4-8-18(12-15)16-10-14(19-2)7-6-13(16)11-17/h6-7,10,15H,3-5,8-9,11-12,17H2,1-2H3. The van der Waals surface area contributed by atoms with Gasteiger partial charge >= 0.3 is 0 Å². The summed E-state index contributed by atoms with van der Waals surface area (Å²) in [5.74, 6) is 0.883. The first-order valence-electron chi connectivity index (χ1n) is 7.52. The molecule has 0 aliphatic carbocycles. The third-order valence-electron chi connectivity index (χ3n) is 3.79. The van der Waals surface area contributed by atoms with E-state index in [0.717, 1.165) is 44.7 Å². The molecule has 1 aromatic rings. The van der Waals surface area contributed by atoms with Gasteiger partial charge in [-0.2, -0.15) is 0 Å². The first-order valence-corrected chi connectivity index (χ1v) is 7.52. The van der Waals surface area contributed by atoms with Gasteiger partial charge in [-0.3, -0.25) is 0 Å². The van der Waals surface area contributed by atoms with Crippen molar-refractivity contribution >= 4 is 5.69 Å². The van der Waals surface area contributed by atoms with Crippen molar-refractivity contribution in [3.63, 3.8) is 0 Å². The topological polar surface area (TPSA) is 47.7 Å². The van der Waals surface area contributed by atoms with E-state index in [0.29, 0.717) is 12.6 Å². The molecule has 1 heterocycles. The molecule has 2 rings (SSSR count). The number of rotatable bonds is 6. The highest BCUT2D eigenvalue weighted by Crippen LogP contribution is 2.29. The van der Waals surface area contributed by atoms with Crippen molar-refractivity contribution in [3.05, 3.63) is 23.8 Å². The molecule has 0 saturated carbocycles. The Morgan fingerprint density at radius 2 is 2.25 bits per heavy atom. The highest BCUT2D eigenvalue weighted by Gasteiger charge is 2.22. The minimum Gasteiger partial charge on any atom is -0.497 e. The number of ether oxygens (including phenoxy) is 2. The Morgan fingerprint density at radius 3 is 2.95 bits per heavy atom. The van der Waals surface area contributed by atoms with Crippen LogP contribution in [0.4, 0.5) is 5.69 Å². The van der Waals surface area contributed by atoms with Crippen LogP contribution in [0.25, 0.3) is 0 Å². The number of nitrogens with zero attached hydrogens (tertiary/aromatic N) is 1. The van der Waals surface area contributed by atoms with E-state index in [9.17, 15) is 0 Å². The minimum atomic E-state index is 0.334. The zero-order valence-electron chi connectivity index (χ0n) is 12.6. The fourth-order valence-corrected chi connectivity index (χ4v) is 2.72. The first-order chi connectivity index (χ1) is 9.78. The lowest BCUT2D eigenvalue weighted by Gasteiger charge is -2.35. The third-order valence-corrected chi connectivity index (χ3v) is 3.79. The molecule has 1 fully saturated rings. The monoisotopic (exact) mass is 278 g/mol. The zero-order valence-corrected chi connectivity index (χ0v) is 12.6. The fraction of sp³-hybridized carbons (Fsp3) is 0.625. The molecule has 0 radical (unpaired) electrons. The predicted octanol–water partition coefficient (Wildman–Crippen LogP) is 2.55. The number of anilines is 1. The van der Waals surface area contributed by atoms with Crippen molar-refractivity contribution in [2.24, 2.45) is 5.73 Å². The summed E-state index contributed by atoms with van der Waals surface area (Å²) >= 11 is 0. The average molecular weight is 278 g/mol. The van der Waals surface area contributed by atoms with E-state index < -0.39 is 0 Å². The van der Waals surface area contributed by atoms with Gasteiger partial charge in [-0.05, 0) is 30.9 Å². The Labute approximate surface area is 121 Å². The van der Waals surface area contributed by atoms with Gasteiger partial charge in [-0.25, -0.2) is 0 Å². The second kappa shape index (κ2) is 7.50. The Hall–Kier alpha value is -1.26. The molecule has 0 spiro atoms. The van der Waals surface area contributed by atoms with E-state index in [4.69, 9.17) is 15.2 Å². The summed E-state index contributed by atoms with van der Waals surface area (Å²) in [5, 5.41) is 0. The van der Waals surface area contributed by atoms with Crippen LogP contribution in [0.5, 0.6) is 5.75 Å². The molecule has 1 saturated heterocycles. The number of hydrogen-bond donors (Lipinski definition) is 1. The van der Waals surface area contributed by atoms with Crippen LogP contribution in [-0.4, -0.2) is 32.9 Å². The summed E-state index contributed by atoms with van der Waals surface area (Å²) in [6.45, 7) is 5.55. The van der Waals surface area contributed by atoms with Gasteiger partial charge in [0.15, 0.2) is 0 Å². The van der Waals surface area contributed by atoms with Gasteiger partial charge in [0, 0.05) is 38.0 Å². The van der Waals surface area contributed by atoms with Crippen LogP contribution >= 0.6 is 0 Å². The molecule has 1 aliphatic rings. The Kier molecular flexibility index (Phi) is 5.68. The van der Waals surface area contributed by atoms with Crippen LogP contribution in [0, 0.1) is 0 Å². The zero-order chi connectivity index (χ0) is 14.4. The number of methoxy groups -OCH3 is 1. The molecule has 112 valence electrons. The normalized spacial score (nSPS) is 19.1. The van der Waals surface area contributed by atoms with Crippen molar-refractivity contribution in [1.82, 2.24) is 0 Å². The molecule has 1 atom stereocenters. The average Bonchev–Trinajstić information content (AvgIpc) is 2.52. The number of benzene rings is 1. The summed E-state index contributed by atoms with van der Waals surface area (Å²) in [7, 11) is 1.70. The number of hydrogen-bond acceptors (Lipinski definition) is 4. The summed E-state index contributed by atoms with van der Waals surface area (Å²) in [6.07, 6.45) is 3.72. The van der Waals surface area contributed by atoms with Crippen molar-refractivity contribution in [2.45, 2.75) is 38.8 Å². The van der Waals surface area contributed by atoms with Crippen LogP contribution in [-0.2, 0) is 11.3 Å². The van der Waals surface area contributed by atoms with E-state index >= 15 is 0 Å². The third kappa shape index (κ3) is 3.64. The molecule has 4 heteroatoms. The maximum Gasteiger partial charge on any atom is 0.120 e. The number of piperidine rings is 1. The van der Waals surface area contributed by atoms with E-state index in [1.807, 2.05) is 6.07 Å². The van der Waals surface area contributed by atoms with Crippen molar-refractivity contribution in [2.75, 3.05) is 31.7 Å². The predicted molar refractivity (Wildman–Crippen MR) is 82.4 cm³/mol. The second-order valence-corrected chi connectivity index (χ2v) is 5.28. The van der Waals surface area contributed by atoms with Gasteiger partial charge in [0.1, 0.15) is 5.75 Å². The summed E-state index contributed by atoms with van der Waals surface area (Å²) in [5.41, 5.74) is 8.22. The molecule has 0 amide bonds. The molecule has 1 aromatic carbocycles.